The molecular formula is C17H22N4O3S4. The van der Waals surface area contributed by atoms with Crippen LogP contribution in [0.15, 0.2) is 15.0 Å². The van der Waals surface area contributed by atoms with E-state index in [4.69, 9.17) is 9.98 Å². The van der Waals surface area contributed by atoms with Crippen LogP contribution in [0.3, 0.4) is 0 Å². The van der Waals surface area contributed by atoms with Gasteiger partial charge in [-0.25, -0.2) is 4.79 Å². The molecular weight excluding hydrogens is 436 g/mol. The van der Waals surface area contributed by atoms with E-state index in [0.717, 1.165) is 26.6 Å². The number of thioether (sulfide) groups is 4. The predicted molar refractivity (Wildman–Crippen MR) is 122 cm³/mol. The number of aliphatic carboxylic acids is 1. The molecule has 1 saturated heterocycles. The Labute approximate surface area is 180 Å². The smallest absolute Gasteiger partial charge is 0.332 e. The summed E-state index contributed by atoms with van der Waals surface area (Å²) in [5, 5.41) is 15.2. The first-order valence-electron chi connectivity index (χ1n) is 8.86. The van der Waals surface area contributed by atoms with Crippen LogP contribution in [0.1, 0.15) is 27.7 Å². The van der Waals surface area contributed by atoms with E-state index in [-0.39, 0.29) is 5.24 Å². The van der Waals surface area contributed by atoms with Gasteiger partial charge in [-0.2, -0.15) is 0 Å². The third-order valence-electron chi connectivity index (χ3n) is 5.24. The Hall–Kier alpha value is -0.650. The minimum absolute atomic E-state index is 0.00249. The topological polar surface area (TPSA) is 103 Å². The standard InChI is InChI=1S/C17H22N4O3S4/c1-14(5-26-11(19-14)16(3)7-28-13(24)21-16)9-18-15(2,6-25-9)10-20-17(4,8-27-10)12(22)23/h5-8H2,1-4H3,(H,21,24)(H,22,23)/t14-,15-,16-,17-/m0/s1. The van der Waals surface area contributed by atoms with Crippen LogP contribution in [-0.2, 0) is 4.79 Å². The molecule has 28 heavy (non-hydrogen) atoms. The molecule has 0 aromatic carbocycles. The second kappa shape index (κ2) is 6.68. The Morgan fingerprint density at radius 3 is 1.93 bits per heavy atom. The maximum Gasteiger partial charge on any atom is 0.332 e. The maximum absolute atomic E-state index is 11.7. The lowest BCUT2D eigenvalue weighted by Crippen LogP contribution is -2.46. The lowest BCUT2D eigenvalue weighted by atomic mass is 10.0. The van der Waals surface area contributed by atoms with Gasteiger partial charge in [-0.3, -0.25) is 19.8 Å². The van der Waals surface area contributed by atoms with Crippen LogP contribution >= 0.6 is 47.0 Å². The lowest BCUT2D eigenvalue weighted by molar-refractivity contribution is -0.141. The molecule has 11 heteroatoms. The molecule has 4 aliphatic heterocycles. The zero-order valence-corrected chi connectivity index (χ0v) is 19.3. The minimum Gasteiger partial charge on any atom is -0.479 e. The number of aliphatic imine (C=N–C) groups is 3. The number of nitrogens with zero attached hydrogens (tertiary/aromatic N) is 3. The summed E-state index contributed by atoms with van der Waals surface area (Å²) in [6.07, 6.45) is 0. The predicted octanol–water partition coefficient (Wildman–Crippen LogP) is 3.00. The molecule has 0 bridgehead atoms. The second-order valence-electron chi connectivity index (χ2n) is 8.28. The summed E-state index contributed by atoms with van der Waals surface area (Å²) in [5.41, 5.74) is -2.42. The van der Waals surface area contributed by atoms with Gasteiger partial charge < -0.3 is 10.4 Å². The van der Waals surface area contributed by atoms with E-state index in [1.54, 1.807) is 30.4 Å². The number of hydrogen-bond acceptors (Lipinski definition) is 9. The molecule has 0 unspecified atom stereocenters. The summed E-state index contributed by atoms with van der Waals surface area (Å²) in [4.78, 5) is 37.7. The average molecular weight is 459 g/mol. The Kier molecular flexibility index (Phi) is 4.92. The van der Waals surface area contributed by atoms with Crippen LogP contribution in [0.25, 0.3) is 0 Å². The fourth-order valence-electron chi connectivity index (χ4n) is 3.28. The molecule has 0 aromatic rings. The Bertz CT molecular complexity index is 861. The zero-order valence-electron chi connectivity index (χ0n) is 16.1. The summed E-state index contributed by atoms with van der Waals surface area (Å²) in [6, 6.07) is 0. The van der Waals surface area contributed by atoms with Crippen molar-refractivity contribution in [3.8, 4) is 0 Å². The number of carboxylic acids is 1. The number of amides is 1. The van der Waals surface area contributed by atoms with Crippen LogP contribution in [0.5, 0.6) is 0 Å². The SMILES string of the molecule is C[C@@]1(C(=O)O)CSC([C@]2(C)CSC([C@]3(C)CSC([C@]4(C)CSC(=O)N4)=N3)=N2)=N1. The van der Waals surface area contributed by atoms with Crippen LogP contribution in [0.4, 0.5) is 4.79 Å². The van der Waals surface area contributed by atoms with Gasteiger partial charge in [0.2, 0.25) is 0 Å². The van der Waals surface area contributed by atoms with Gasteiger partial charge in [0, 0.05) is 23.0 Å². The summed E-state index contributed by atoms with van der Waals surface area (Å²) in [7, 11) is 0. The van der Waals surface area contributed by atoms with E-state index in [0.29, 0.717) is 11.5 Å². The van der Waals surface area contributed by atoms with Crippen molar-refractivity contribution in [3.63, 3.8) is 0 Å². The molecule has 0 aliphatic carbocycles. The van der Waals surface area contributed by atoms with Gasteiger partial charge in [0.15, 0.2) is 5.54 Å². The number of rotatable bonds is 4. The highest BCUT2D eigenvalue weighted by atomic mass is 32.2. The zero-order chi connectivity index (χ0) is 20.4. The first-order chi connectivity index (χ1) is 13.0. The van der Waals surface area contributed by atoms with E-state index in [1.165, 1.54) is 23.5 Å². The van der Waals surface area contributed by atoms with E-state index in [1.807, 2.05) is 13.8 Å². The highest BCUT2D eigenvalue weighted by Gasteiger charge is 2.51. The van der Waals surface area contributed by atoms with E-state index >= 15 is 0 Å². The van der Waals surface area contributed by atoms with Crippen LogP contribution < -0.4 is 5.32 Å². The van der Waals surface area contributed by atoms with E-state index in [9.17, 15) is 14.7 Å². The molecule has 0 aromatic heterocycles. The Balaban J connectivity index is 1.59. The first kappa shape index (κ1) is 20.6. The highest BCUT2D eigenvalue weighted by molar-refractivity contribution is 8.17. The molecule has 1 amide bonds. The van der Waals surface area contributed by atoms with Gasteiger partial charge in [0.1, 0.15) is 11.1 Å². The van der Waals surface area contributed by atoms with Crippen molar-refractivity contribution in [1.82, 2.24) is 5.32 Å². The normalized spacial score (nSPS) is 43.0. The van der Waals surface area contributed by atoms with E-state index in [2.05, 4.69) is 17.2 Å². The molecule has 4 atom stereocenters. The molecule has 0 saturated carbocycles. The summed E-state index contributed by atoms with van der Waals surface area (Å²) >= 11 is 6.16. The second-order valence-corrected chi connectivity index (χ2v) is 12.1. The number of carbonyl (C=O) groups excluding carboxylic acids is 1. The molecule has 7 nitrogen and oxygen atoms in total. The minimum atomic E-state index is -1.07. The third kappa shape index (κ3) is 3.31. The number of hydrogen-bond donors (Lipinski definition) is 2. The fourth-order valence-corrected chi connectivity index (χ4v) is 8.42. The van der Waals surface area contributed by atoms with Gasteiger partial charge in [-0.1, -0.05) is 11.8 Å². The third-order valence-corrected chi connectivity index (χ3v) is 10.9. The van der Waals surface area contributed by atoms with Crippen molar-refractivity contribution < 1.29 is 14.7 Å². The summed E-state index contributed by atoms with van der Waals surface area (Å²) < 4.78 is 0. The van der Waals surface area contributed by atoms with Crippen LogP contribution in [-0.4, -0.2) is 76.6 Å². The molecule has 152 valence electrons. The Morgan fingerprint density at radius 2 is 1.39 bits per heavy atom. The molecule has 4 rings (SSSR count). The number of nitrogens with one attached hydrogen (secondary N) is 1. The van der Waals surface area contributed by atoms with Gasteiger partial charge in [-0.15, -0.1) is 35.3 Å². The van der Waals surface area contributed by atoms with Gasteiger partial charge in [0.05, 0.1) is 20.7 Å². The molecule has 0 spiro atoms. The van der Waals surface area contributed by atoms with Crippen molar-refractivity contribution in [3.05, 3.63) is 0 Å². The maximum atomic E-state index is 11.7. The first-order valence-corrected chi connectivity index (χ1v) is 12.8. The van der Waals surface area contributed by atoms with Crippen molar-refractivity contribution in [1.29, 1.82) is 0 Å². The quantitative estimate of drug-likeness (QED) is 0.667. The molecule has 4 heterocycles. The van der Waals surface area contributed by atoms with Crippen molar-refractivity contribution >= 4 is 73.4 Å². The lowest BCUT2D eigenvalue weighted by Gasteiger charge is -2.23. The molecule has 2 N–H and O–H groups in total. The van der Waals surface area contributed by atoms with E-state index < -0.39 is 28.1 Å². The van der Waals surface area contributed by atoms with Gasteiger partial charge in [-0.05, 0) is 27.7 Å². The number of carbonyl (C=O) groups is 2. The fraction of sp³-hybridized carbons (Fsp3) is 0.706. The summed E-state index contributed by atoms with van der Waals surface area (Å²) in [5.74, 6) is 1.75. The van der Waals surface area contributed by atoms with Crippen molar-refractivity contribution in [2.45, 2.75) is 49.9 Å². The monoisotopic (exact) mass is 458 g/mol. The van der Waals surface area contributed by atoms with Gasteiger partial charge in [0.25, 0.3) is 5.24 Å². The van der Waals surface area contributed by atoms with Crippen molar-refractivity contribution in [2.24, 2.45) is 15.0 Å². The average Bonchev–Trinajstić information content (AvgIpc) is 3.37. The molecule has 4 aliphatic rings. The summed E-state index contributed by atoms with van der Waals surface area (Å²) in [6.45, 7) is 7.79. The number of carboxylic acid groups (broad SMARTS) is 1. The largest absolute Gasteiger partial charge is 0.479 e. The Morgan fingerprint density at radius 1 is 0.857 bits per heavy atom. The molecule has 0 radical (unpaired) electrons. The van der Waals surface area contributed by atoms with Gasteiger partial charge >= 0.3 is 5.97 Å². The molecule has 1 fully saturated rings. The van der Waals surface area contributed by atoms with Crippen LogP contribution in [0.2, 0.25) is 0 Å². The van der Waals surface area contributed by atoms with Crippen LogP contribution in [0, 0.1) is 0 Å². The highest BCUT2D eigenvalue weighted by Crippen LogP contribution is 2.45. The van der Waals surface area contributed by atoms with Crippen molar-refractivity contribution in [2.75, 3.05) is 23.0 Å².